The van der Waals surface area contributed by atoms with Gasteiger partial charge in [-0.2, -0.15) is 0 Å². The van der Waals surface area contributed by atoms with E-state index in [1.165, 1.54) is 6.07 Å². The molecule has 0 fully saturated rings. The van der Waals surface area contributed by atoms with Crippen LogP contribution in [0.15, 0.2) is 18.2 Å². The largest absolute Gasteiger partial charge is 0.312 e. The predicted octanol–water partition coefficient (Wildman–Crippen LogP) is 3.77. The zero-order valence-electron chi connectivity index (χ0n) is 10.8. The number of rotatable bonds is 7. The second-order valence-corrected chi connectivity index (χ2v) is 4.72. The van der Waals surface area contributed by atoms with Crippen molar-refractivity contribution in [3.05, 3.63) is 38.9 Å². The summed E-state index contributed by atoms with van der Waals surface area (Å²) in [4.78, 5) is 10.5. The van der Waals surface area contributed by atoms with Crippen LogP contribution in [0.4, 0.5) is 5.69 Å². The number of hydrogen-bond donors (Lipinski definition) is 1. The molecule has 0 aliphatic heterocycles. The summed E-state index contributed by atoms with van der Waals surface area (Å²) in [5.74, 6) is 0.603. The topological polar surface area (TPSA) is 55.2 Å². The van der Waals surface area contributed by atoms with Crippen LogP contribution in [-0.4, -0.2) is 11.5 Å². The number of hydrogen-bond acceptors (Lipinski definition) is 3. The Labute approximate surface area is 112 Å². The molecule has 0 aromatic heterocycles. The monoisotopic (exact) mass is 270 g/mol. The first-order valence-electron chi connectivity index (χ1n) is 6.22. The summed E-state index contributed by atoms with van der Waals surface area (Å²) in [6.45, 7) is 5.59. The van der Waals surface area contributed by atoms with Gasteiger partial charge in [-0.25, -0.2) is 0 Å². The molecule has 0 radical (unpaired) electrons. The van der Waals surface area contributed by atoms with Gasteiger partial charge in [0.2, 0.25) is 0 Å². The fourth-order valence-electron chi connectivity index (χ4n) is 1.87. The minimum absolute atomic E-state index is 0.0829. The van der Waals surface area contributed by atoms with Gasteiger partial charge < -0.3 is 5.32 Å². The molecule has 0 amide bonds. The number of nitrogens with zero attached hydrogens (tertiary/aromatic N) is 1. The van der Waals surface area contributed by atoms with Crippen LogP contribution in [0.25, 0.3) is 0 Å². The van der Waals surface area contributed by atoms with Gasteiger partial charge in [-0.1, -0.05) is 44.4 Å². The van der Waals surface area contributed by atoms with Crippen LogP contribution in [0.5, 0.6) is 0 Å². The van der Waals surface area contributed by atoms with E-state index in [2.05, 4.69) is 19.2 Å². The summed E-state index contributed by atoms with van der Waals surface area (Å²) in [6.07, 6.45) is 2.21. The molecule has 0 aliphatic carbocycles. The maximum Gasteiger partial charge on any atom is 0.275 e. The number of nitro groups is 1. The lowest BCUT2D eigenvalue weighted by molar-refractivity contribution is -0.385. The van der Waals surface area contributed by atoms with Crippen LogP contribution in [0, 0.1) is 16.0 Å². The summed E-state index contributed by atoms with van der Waals surface area (Å²) in [5, 5.41) is 14.6. The molecule has 5 heteroatoms. The van der Waals surface area contributed by atoms with Crippen molar-refractivity contribution in [2.24, 2.45) is 5.92 Å². The molecule has 18 heavy (non-hydrogen) atoms. The summed E-state index contributed by atoms with van der Waals surface area (Å²) in [7, 11) is 0. The van der Waals surface area contributed by atoms with Gasteiger partial charge in [0.05, 0.1) is 15.5 Å². The first kappa shape index (κ1) is 14.9. The van der Waals surface area contributed by atoms with Crippen molar-refractivity contribution in [1.29, 1.82) is 0 Å². The Morgan fingerprint density at radius 3 is 2.61 bits per heavy atom. The van der Waals surface area contributed by atoms with Gasteiger partial charge in [-0.05, 0) is 18.5 Å². The molecule has 0 saturated carbocycles. The van der Waals surface area contributed by atoms with Crippen molar-refractivity contribution in [3.8, 4) is 0 Å². The van der Waals surface area contributed by atoms with E-state index in [1.54, 1.807) is 12.1 Å². The summed E-state index contributed by atoms with van der Waals surface area (Å²) in [6, 6.07) is 4.77. The average Bonchev–Trinajstić information content (AvgIpc) is 2.36. The van der Waals surface area contributed by atoms with Crippen LogP contribution in [-0.2, 0) is 6.54 Å². The highest BCUT2D eigenvalue weighted by molar-refractivity contribution is 6.31. The van der Waals surface area contributed by atoms with Gasteiger partial charge in [0, 0.05) is 12.6 Å². The van der Waals surface area contributed by atoms with Gasteiger partial charge in [-0.3, -0.25) is 10.1 Å². The summed E-state index contributed by atoms with van der Waals surface area (Å²) in [5.41, 5.74) is 0.648. The highest BCUT2D eigenvalue weighted by Gasteiger charge is 2.16. The van der Waals surface area contributed by atoms with Crippen molar-refractivity contribution < 1.29 is 4.92 Å². The van der Waals surface area contributed by atoms with Crippen molar-refractivity contribution in [3.63, 3.8) is 0 Å². The van der Waals surface area contributed by atoms with Crippen molar-refractivity contribution in [2.75, 3.05) is 6.54 Å². The number of benzene rings is 1. The molecule has 1 rings (SSSR count). The third-order valence-corrected chi connectivity index (χ3v) is 3.53. The third-order valence-electron chi connectivity index (χ3n) is 3.18. The second kappa shape index (κ2) is 7.34. The lowest BCUT2D eigenvalue weighted by Crippen LogP contribution is -2.22. The fraction of sp³-hybridized carbons (Fsp3) is 0.538. The molecule has 1 aromatic carbocycles. The van der Waals surface area contributed by atoms with E-state index in [0.717, 1.165) is 19.4 Å². The molecule has 0 aliphatic rings. The molecular weight excluding hydrogens is 252 g/mol. The van der Waals surface area contributed by atoms with E-state index >= 15 is 0 Å². The van der Waals surface area contributed by atoms with Gasteiger partial charge >= 0.3 is 0 Å². The molecule has 0 heterocycles. The van der Waals surface area contributed by atoms with E-state index in [0.29, 0.717) is 23.0 Å². The van der Waals surface area contributed by atoms with Crippen molar-refractivity contribution >= 4 is 17.3 Å². The summed E-state index contributed by atoms with van der Waals surface area (Å²) >= 11 is 6.01. The van der Waals surface area contributed by atoms with Crippen molar-refractivity contribution in [1.82, 2.24) is 5.32 Å². The van der Waals surface area contributed by atoms with Gasteiger partial charge in [0.25, 0.3) is 5.69 Å². The molecule has 0 atom stereocenters. The molecule has 1 N–H and O–H groups in total. The third kappa shape index (κ3) is 3.96. The van der Waals surface area contributed by atoms with E-state index < -0.39 is 0 Å². The Kier molecular flexibility index (Phi) is 6.09. The number of nitrogens with one attached hydrogen (secondary N) is 1. The first-order chi connectivity index (χ1) is 8.60. The van der Waals surface area contributed by atoms with E-state index in [9.17, 15) is 10.1 Å². The van der Waals surface area contributed by atoms with Crippen LogP contribution in [0.2, 0.25) is 5.02 Å². The molecule has 0 unspecified atom stereocenters. The zero-order valence-corrected chi connectivity index (χ0v) is 11.5. The maximum atomic E-state index is 10.9. The lowest BCUT2D eigenvalue weighted by Gasteiger charge is -2.13. The first-order valence-corrected chi connectivity index (χ1v) is 6.60. The lowest BCUT2D eigenvalue weighted by atomic mass is 10.0. The predicted molar refractivity (Wildman–Crippen MR) is 73.9 cm³/mol. The molecular formula is C13H19ClN2O2. The highest BCUT2D eigenvalue weighted by Crippen LogP contribution is 2.25. The maximum absolute atomic E-state index is 10.9. The average molecular weight is 271 g/mol. The molecule has 0 saturated heterocycles. The molecule has 100 valence electrons. The van der Waals surface area contributed by atoms with Gasteiger partial charge in [0.1, 0.15) is 0 Å². The SMILES string of the molecule is CCC(CC)CNCc1c(Cl)cccc1[N+](=O)[O-]. The number of halogens is 1. The minimum Gasteiger partial charge on any atom is -0.312 e. The molecule has 0 bridgehead atoms. The van der Waals surface area contributed by atoms with Crippen LogP contribution >= 0.6 is 11.6 Å². The Morgan fingerprint density at radius 1 is 1.39 bits per heavy atom. The Morgan fingerprint density at radius 2 is 2.06 bits per heavy atom. The Hall–Kier alpha value is -1.13. The Balaban J connectivity index is 2.69. The van der Waals surface area contributed by atoms with Gasteiger partial charge in [0.15, 0.2) is 0 Å². The van der Waals surface area contributed by atoms with Crippen LogP contribution in [0.3, 0.4) is 0 Å². The molecule has 1 aromatic rings. The van der Waals surface area contributed by atoms with E-state index in [4.69, 9.17) is 11.6 Å². The smallest absolute Gasteiger partial charge is 0.275 e. The Bertz CT molecular complexity index is 406. The van der Waals surface area contributed by atoms with Gasteiger partial charge in [-0.15, -0.1) is 0 Å². The second-order valence-electron chi connectivity index (χ2n) is 4.31. The van der Waals surface area contributed by atoms with Crippen LogP contribution in [0.1, 0.15) is 32.3 Å². The summed E-state index contributed by atoms with van der Waals surface area (Å²) < 4.78 is 0. The number of nitro benzene ring substituents is 1. The van der Waals surface area contributed by atoms with E-state index in [1.807, 2.05) is 0 Å². The van der Waals surface area contributed by atoms with Crippen molar-refractivity contribution in [2.45, 2.75) is 33.2 Å². The zero-order chi connectivity index (χ0) is 13.5. The standard InChI is InChI=1S/C13H19ClN2O2/c1-3-10(4-2)8-15-9-11-12(14)6-5-7-13(11)16(17)18/h5-7,10,15H,3-4,8-9H2,1-2H3. The van der Waals surface area contributed by atoms with E-state index in [-0.39, 0.29) is 10.6 Å². The fourth-order valence-corrected chi connectivity index (χ4v) is 2.11. The minimum atomic E-state index is -0.389. The highest BCUT2D eigenvalue weighted by atomic mass is 35.5. The molecule has 0 spiro atoms. The van der Waals surface area contributed by atoms with Crippen LogP contribution < -0.4 is 5.32 Å². The normalized spacial score (nSPS) is 10.9. The quantitative estimate of drug-likeness (QED) is 0.606. The molecule has 4 nitrogen and oxygen atoms in total.